The van der Waals surface area contributed by atoms with Gasteiger partial charge in [0, 0.05) is 47.9 Å². The van der Waals surface area contributed by atoms with Crippen LogP contribution in [0, 0.1) is 5.92 Å². The summed E-state index contributed by atoms with van der Waals surface area (Å²) in [6.45, 7) is 1.42. The van der Waals surface area contributed by atoms with Crippen LogP contribution in [-0.4, -0.2) is 55.1 Å². The molecule has 3 N–H and O–H groups in total. The highest BCUT2D eigenvalue weighted by molar-refractivity contribution is 6.30. The third-order valence-electron chi connectivity index (χ3n) is 7.17. The number of benzene rings is 2. The van der Waals surface area contributed by atoms with Crippen molar-refractivity contribution in [2.45, 2.75) is 56.5 Å². The van der Waals surface area contributed by atoms with Gasteiger partial charge in [-0.3, -0.25) is 9.59 Å². The molecule has 2 amide bonds. The molecule has 9 heteroatoms. The van der Waals surface area contributed by atoms with Crippen LogP contribution in [0.4, 0.5) is 5.69 Å². The van der Waals surface area contributed by atoms with E-state index in [0.717, 1.165) is 35.4 Å². The average molecular weight is 515 g/mol. The summed E-state index contributed by atoms with van der Waals surface area (Å²) in [5.74, 6) is 0.517. The van der Waals surface area contributed by atoms with Crippen LogP contribution in [-0.2, 0) is 25.6 Å². The summed E-state index contributed by atoms with van der Waals surface area (Å²) in [6, 6.07) is 13.0. The van der Waals surface area contributed by atoms with Gasteiger partial charge in [-0.15, -0.1) is 0 Å². The molecule has 3 heterocycles. The Hall–Kier alpha value is -2.65. The van der Waals surface area contributed by atoms with Crippen molar-refractivity contribution >= 4 is 29.1 Å². The van der Waals surface area contributed by atoms with Gasteiger partial charge in [0.25, 0.3) is 0 Å². The molecule has 0 aliphatic carbocycles. The Morgan fingerprint density at radius 1 is 1.08 bits per heavy atom. The van der Waals surface area contributed by atoms with Gasteiger partial charge < -0.3 is 30.0 Å². The maximum absolute atomic E-state index is 12.7. The van der Waals surface area contributed by atoms with E-state index in [1.165, 1.54) is 0 Å². The number of ether oxygens (including phenoxy) is 3. The van der Waals surface area contributed by atoms with Crippen molar-refractivity contribution in [3.63, 3.8) is 0 Å². The SMILES string of the molecule is O=C(C[C@H]1C[C@@H]2c3cc(NC(=O)C4CCOCC4)ccc3O[C@@H]2[C@H](CO)O1)NCc1ccc(Cl)cc1. The van der Waals surface area contributed by atoms with Gasteiger partial charge in [0.2, 0.25) is 11.8 Å². The molecule has 0 radical (unpaired) electrons. The van der Waals surface area contributed by atoms with Crippen LogP contribution in [0.1, 0.15) is 42.7 Å². The van der Waals surface area contributed by atoms with Crippen molar-refractivity contribution in [3.05, 3.63) is 58.6 Å². The van der Waals surface area contributed by atoms with Gasteiger partial charge >= 0.3 is 0 Å². The largest absolute Gasteiger partial charge is 0.487 e. The number of carbonyl (C=O) groups is 2. The lowest BCUT2D eigenvalue weighted by Crippen LogP contribution is -2.47. The molecule has 5 rings (SSSR count). The number of hydrogen-bond acceptors (Lipinski definition) is 6. The second kappa shape index (κ2) is 11.2. The molecular weight excluding hydrogens is 484 g/mol. The summed E-state index contributed by atoms with van der Waals surface area (Å²) in [5, 5.41) is 16.6. The molecule has 8 nitrogen and oxygen atoms in total. The van der Waals surface area contributed by atoms with Gasteiger partial charge in [-0.25, -0.2) is 0 Å². The topological polar surface area (TPSA) is 106 Å². The molecule has 36 heavy (non-hydrogen) atoms. The smallest absolute Gasteiger partial charge is 0.227 e. The van der Waals surface area contributed by atoms with E-state index in [1.807, 2.05) is 30.3 Å². The van der Waals surface area contributed by atoms with Crippen molar-refractivity contribution in [1.82, 2.24) is 5.32 Å². The van der Waals surface area contributed by atoms with Crippen LogP contribution in [0.15, 0.2) is 42.5 Å². The summed E-state index contributed by atoms with van der Waals surface area (Å²) < 4.78 is 17.5. The predicted molar refractivity (Wildman–Crippen MR) is 134 cm³/mol. The van der Waals surface area contributed by atoms with Crippen LogP contribution < -0.4 is 15.4 Å². The molecule has 2 aromatic rings. The van der Waals surface area contributed by atoms with E-state index in [2.05, 4.69) is 10.6 Å². The van der Waals surface area contributed by atoms with Crippen molar-refractivity contribution in [1.29, 1.82) is 0 Å². The number of aliphatic hydroxyl groups is 1. The van der Waals surface area contributed by atoms with Crippen LogP contribution in [0.25, 0.3) is 0 Å². The van der Waals surface area contributed by atoms with E-state index in [9.17, 15) is 14.7 Å². The van der Waals surface area contributed by atoms with Gasteiger partial charge in [0.1, 0.15) is 18.0 Å². The zero-order valence-electron chi connectivity index (χ0n) is 20.0. The quantitative estimate of drug-likeness (QED) is 0.523. The number of amides is 2. The first-order valence-electron chi connectivity index (χ1n) is 12.5. The zero-order chi connectivity index (χ0) is 25.1. The lowest BCUT2D eigenvalue weighted by molar-refractivity contribution is -0.142. The number of aliphatic hydroxyl groups excluding tert-OH is 1. The van der Waals surface area contributed by atoms with E-state index >= 15 is 0 Å². The number of nitrogens with one attached hydrogen (secondary N) is 2. The molecule has 0 saturated carbocycles. The minimum atomic E-state index is -0.537. The van der Waals surface area contributed by atoms with E-state index in [0.29, 0.717) is 31.2 Å². The van der Waals surface area contributed by atoms with Gasteiger partial charge in [0.15, 0.2) is 0 Å². The Bertz CT molecular complexity index is 1090. The lowest BCUT2D eigenvalue weighted by atomic mass is 9.84. The fourth-order valence-electron chi connectivity index (χ4n) is 5.25. The molecule has 2 saturated heterocycles. The Labute approximate surface area is 215 Å². The second-order valence-electron chi connectivity index (χ2n) is 9.64. The number of halogens is 1. The second-order valence-corrected chi connectivity index (χ2v) is 10.1. The molecule has 0 aromatic heterocycles. The van der Waals surface area contributed by atoms with Crippen LogP contribution in [0.2, 0.25) is 5.02 Å². The van der Waals surface area contributed by atoms with Gasteiger partial charge in [-0.1, -0.05) is 23.7 Å². The van der Waals surface area contributed by atoms with Crippen molar-refractivity contribution < 1.29 is 28.9 Å². The van der Waals surface area contributed by atoms with Gasteiger partial charge in [0.05, 0.1) is 19.1 Å². The third-order valence-corrected chi connectivity index (χ3v) is 7.43. The molecule has 0 spiro atoms. The summed E-state index contributed by atoms with van der Waals surface area (Å²) in [5.41, 5.74) is 2.65. The lowest BCUT2D eigenvalue weighted by Gasteiger charge is -2.37. The molecule has 2 aromatic carbocycles. The zero-order valence-corrected chi connectivity index (χ0v) is 20.7. The van der Waals surface area contributed by atoms with Crippen LogP contribution in [0.5, 0.6) is 5.75 Å². The molecular formula is C27H31ClN2O6. The number of anilines is 1. The number of hydrogen-bond donors (Lipinski definition) is 3. The molecule has 3 aliphatic rings. The Morgan fingerprint density at radius 3 is 2.61 bits per heavy atom. The van der Waals surface area contributed by atoms with Gasteiger partial charge in [-0.2, -0.15) is 0 Å². The van der Waals surface area contributed by atoms with E-state index in [1.54, 1.807) is 12.1 Å². The first-order chi connectivity index (χ1) is 17.5. The van der Waals surface area contributed by atoms with E-state index < -0.39 is 6.10 Å². The number of fused-ring (bicyclic) bond motifs is 3. The number of carbonyl (C=O) groups excluding carboxylic acids is 2. The van der Waals surface area contributed by atoms with Crippen molar-refractivity contribution in [3.8, 4) is 5.75 Å². The van der Waals surface area contributed by atoms with Crippen LogP contribution >= 0.6 is 11.6 Å². The Kier molecular flexibility index (Phi) is 7.76. The van der Waals surface area contributed by atoms with Crippen molar-refractivity contribution in [2.75, 3.05) is 25.1 Å². The summed E-state index contributed by atoms with van der Waals surface area (Å²) in [4.78, 5) is 25.3. The molecule has 192 valence electrons. The molecule has 0 bridgehead atoms. The number of rotatable bonds is 7. The fraction of sp³-hybridized carbons (Fsp3) is 0.481. The molecule has 4 atom stereocenters. The first-order valence-corrected chi connectivity index (χ1v) is 12.8. The molecule has 3 aliphatic heterocycles. The maximum atomic E-state index is 12.7. The Morgan fingerprint density at radius 2 is 1.86 bits per heavy atom. The highest BCUT2D eigenvalue weighted by Crippen LogP contribution is 2.47. The summed E-state index contributed by atoms with van der Waals surface area (Å²) >= 11 is 5.92. The van der Waals surface area contributed by atoms with Gasteiger partial charge in [-0.05, 0) is 55.2 Å². The molecule has 0 unspecified atom stereocenters. The van der Waals surface area contributed by atoms with Crippen molar-refractivity contribution in [2.24, 2.45) is 5.92 Å². The monoisotopic (exact) mass is 514 g/mol. The predicted octanol–water partition coefficient (Wildman–Crippen LogP) is 3.41. The van der Waals surface area contributed by atoms with Crippen LogP contribution in [0.3, 0.4) is 0 Å². The first kappa shape index (κ1) is 25.0. The fourth-order valence-corrected chi connectivity index (χ4v) is 5.38. The summed E-state index contributed by atoms with van der Waals surface area (Å²) in [6.07, 6.45) is 0.987. The normalized spacial score (nSPS) is 25.4. The summed E-state index contributed by atoms with van der Waals surface area (Å²) in [7, 11) is 0. The van der Waals surface area contributed by atoms with E-state index in [4.69, 9.17) is 25.8 Å². The minimum Gasteiger partial charge on any atom is -0.487 e. The minimum absolute atomic E-state index is 0.00385. The molecule has 2 fully saturated rings. The average Bonchev–Trinajstić information content (AvgIpc) is 3.26. The Balaban J connectivity index is 1.23. The maximum Gasteiger partial charge on any atom is 0.227 e. The highest BCUT2D eigenvalue weighted by Gasteiger charge is 2.46. The third kappa shape index (κ3) is 5.67. The highest BCUT2D eigenvalue weighted by atomic mass is 35.5. The van der Waals surface area contributed by atoms with E-state index in [-0.39, 0.29) is 48.9 Å². The standard InChI is InChI=1S/C27H31ClN2O6/c28-18-3-1-16(2-4-18)14-29-25(32)13-20-12-22-21-11-19(30-27(33)17-7-9-34-10-8-17)5-6-23(21)36-26(22)24(15-31)35-20/h1-6,11,17,20,22,24,26,31H,7-10,12-15H2,(H,29,32)(H,30,33)/t20-,22-,24+,26+/m1/s1.